The Hall–Kier alpha value is -3.67. The van der Waals surface area contributed by atoms with E-state index in [1.54, 1.807) is 18.5 Å². The summed E-state index contributed by atoms with van der Waals surface area (Å²) in [6.45, 7) is 3.74. The van der Waals surface area contributed by atoms with Gasteiger partial charge in [0.2, 0.25) is 0 Å². The highest BCUT2D eigenvalue weighted by Gasteiger charge is 2.14. The number of ether oxygens (including phenoxy) is 1. The molecule has 29 heavy (non-hydrogen) atoms. The highest BCUT2D eigenvalue weighted by molar-refractivity contribution is 5.90. The van der Waals surface area contributed by atoms with Crippen molar-refractivity contribution < 1.29 is 14.6 Å². The fourth-order valence-electron chi connectivity index (χ4n) is 3.61. The number of aliphatic carboxylic acids is 1. The van der Waals surface area contributed by atoms with Crippen molar-refractivity contribution in [3.63, 3.8) is 0 Å². The SMILES string of the molecule is Cc1cc2nccc(OCC(=O)O)c2c(C)c1Cc1ccc(-n2cccn2)cc1. The van der Waals surface area contributed by atoms with Crippen molar-refractivity contribution in [2.45, 2.75) is 20.3 Å². The lowest BCUT2D eigenvalue weighted by atomic mass is 9.92. The van der Waals surface area contributed by atoms with Gasteiger partial charge >= 0.3 is 5.97 Å². The van der Waals surface area contributed by atoms with Gasteiger partial charge in [0.25, 0.3) is 0 Å². The van der Waals surface area contributed by atoms with Gasteiger partial charge in [0.05, 0.1) is 11.2 Å². The van der Waals surface area contributed by atoms with Crippen molar-refractivity contribution in [3.8, 4) is 11.4 Å². The molecule has 6 heteroatoms. The Bertz CT molecular complexity index is 1170. The number of aromatic nitrogens is 3. The van der Waals surface area contributed by atoms with E-state index in [0.29, 0.717) is 5.75 Å². The van der Waals surface area contributed by atoms with Gasteiger partial charge in [0.15, 0.2) is 6.61 Å². The number of benzene rings is 2. The van der Waals surface area contributed by atoms with Gasteiger partial charge in [-0.2, -0.15) is 5.10 Å². The van der Waals surface area contributed by atoms with Crippen LogP contribution in [0.5, 0.6) is 5.75 Å². The van der Waals surface area contributed by atoms with E-state index < -0.39 is 5.97 Å². The minimum Gasteiger partial charge on any atom is -0.481 e. The fraction of sp³-hybridized carbons (Fsp3) is 0.174. The number of nitrogens with zero attached hydrogens (tertiary/aromatic N) is 3. The molecule has 0 spiro atoms. The Morgan fingerprint density at radius 2 is 1.93 bits per heavy atom. The number of aryl methyl sites for hydroxylation is 2. The van der Waals surface area contributed by atoms with E-state index in [-0.39, 0.29) is 6.61 Å². The average Bonchev–Trinajstić information content (AvgIpc) is 3.24. The molecule has 0 saturated carbocycles. The molecule has 4 rings (SSSR count). The lowest BCUT2D eigenvalue weighted by molar-refractivity contribution is -0.139. The van der Waals surface area contributed by atoms with E-state index in [1.165, 1.54) is 11.1 Å². The third-order valence-electron chi connectivity index (χ3n) is 5.04. The predicted molar refractivity (Wildman–Crippen MR) is 111 cm³/mol. The summed E-state index contributed by atoms with van der Waals surface area (Å²) in [6.07, 6.45) is 6.08. The van der Waals surface area contributed by atoms with Crippen LogP contribution in [0.4, 0.5) is 0 Å². The largest absolute Gasteiger partial charge is 0.481 e. The Morgan fingerprint density at radius 3 is 2.62 bits per heavy atom. The van der Waals surface area contributed by atoms with Gasteiger partial charge in [-0.05, 0) is 72.9 Å². The molecule has 0 aliphatic rings. The van der Waals surface area contributed by atoms with Crippen LogP contribution in [0, 0.1) is 13.8 Å². The van der Waals surface area contributed by atoms with Crippen LogP contribution in [0.2, 0.25) is 0 Å². The van der Waals surface area contributed by atoms with E-state index in [2.05, 4.69) is 41.3 Å². The predicted octanol–water partition coefficient (Wildman–Crippen LogP) is 4.09. The van der Waals surface area contributed by atoms with Gasteiger partial charge in [-0.25, -0.2) is 9.48 Å². The lowest BCUT2D eigenvalue weighted by Crippen LogP contribution is -2.10. The minimum absolute atomic E-state index is 0.378. The molecule has 2 aromatic heterocycles. The van der Waals surface area contributed by atoms with Crippen molar-refractivity contribution >= 4 is 16.9 Å². The zero-order valence-corrected chi connectivity index (χ0v) is 16.3. The number of rotatable bonds is 6. The summed E-state index contributed by atoms with van der Waals surface area (Å²) in [6, 6.07) is 14.0. The molecule has 6 nitrogen and oxygen atoms in total. The van der Waals surface area contributed by atoms with Crippen LogP contribution in [0.3, 0.4) is 0 Å². The summed E-state index contributed by atoms with van der Waals surface area (Å²) in [5.74, 6) is -0.456. The first-order valence-corrected chi connectivity index (χ1v) is 9.34. The number of carbonyl (C=O) groups is 1. The van der Waals surface area contributed by atoms with E-state index in [4.69, 9.17) is 9.84 Å². The van der Waals surface area contributed by atoms with Crippen molar-refractivity contribution in [2.24, 2.45) is 0 Å². The van der Waals surface area contributed by atoms with Crippen molar-refractivity contribution in [2.75, 3.05) is 6.61 Å². The van der Waals surface area contributed by atoms with Crippen LogP contribution in [0.1, 0.15) is 22.3 Å². The van der Waals surface area contributed by atoms with Crippen LogP contribution < -0.4 is 4.74 Å². The molecule has 0 atom stereocenters. The second-order valence-corrected chi connectivity index (χ2v) is 6.98. The lowest BCUT2D eigenvalue weighted by Gasteiger charge is -2.16. The molecular weight excluding hydrogens is 366 g/mol. The molecule has 0 amide bonds. The number of hydrogen-bond donors (Lipinski definition) is 1. The van der Waals surface area contributed by atoms with E-state index in [9.17, 15) is 4.79 Å². The normalized spacial score (nSPS) is 11.0. The number of carboxylic acid groups (broad SMARTS) is 1. The molecule has 4 aromatic rings. The standard InChI is InChI=1S/C23H21N3O3/c1-15-12-20-23(21(8-10-24-20)29-14-22(27)28)16(2)19(15)13-17-4-6-18(7-5-17)26-11-3-9-25-26/h3-12H,13-14H2,1-2H3,(H,27,28). The summed E-state index contributed by atoms with van der Waals surface area (Å²) in [5.41, 5.74) is 6.40. The van der Waals surface area contributed by atoms with E-state index in [1.807, 2.05) is 29.9 Å². The first kappa shape index (κ1) is 18.7. The number of carboxylic acids is 1. The number of hydrogen-bond acceptors (Lipinski definition) is 4. The van der Waals surface area contributed by atoms with Gasteiger partial charge in [-0.1, -0.05) is 12.1 Å². The van der Waals surface area contributed by atoms with Crippen molar-refractivity contribution in [1.82, 2.24) is 14.8 Å². The second-order valence-electron chi connectivity index (χ2n) is 6.98. The summed E-state index contributed by atoms with van der Waals surface area (Å²) in [4.78, 5) is 15.4. The molecule has 0 fully saturated rings. The molecule has 2 heterocycles. The first-order chi connectivity index (χ1) is 14.0. The molecule has 146 valence electrons. The second kappa shape index (κ2) is 7.75. The van der Waals surface area contributed by atoms with Crippen LogP contribution in [0.25, 0.3) is 16.6 Å². The van der Waals surface area contributed by atoms with Gasteiger partial charge in [-0.3, -0.25) is 4.98 Å². The Balaban J connectivity index is 1.69. The maximum Gasteiger partial charge on any atom is 0.341 e. The molecule has 0 aliphatic carbocycles. The fourth-order valence-corrected chi connectivity index (χ4v) is 3.61. The van der Waals surface area contributed by atoms with Crippen molar-refractivity contribution in [1.29, 1.82) is 0 Å². The number of fused-ring (bicyclic) bond motifs is 1. The molecule has 2 aromatic carbocycles. The van der Waals surface area contributed by atoms with Gasteiger partial charge < -0.3 is 9.84 Å². The van der Waals surface area contributed by atoms with E-state index >= 15 is 0 Å². The maximum atomic E-state index is 10.9. The molecule has 0 unspecified atom stereocenters. The smallest absolute Gasteiger partial charge is 0.341 e. The first-order valence-electron chi connectivity index (χ1n) is 9.34. The molecule has 0 aliphatic heterocycles. The van der Waals surface area contributed by atoms with Gasteiger partial charge in [0.1, 0.15) is 5.75 Å². The summed E-state index contributed by atoms with van der Waals surface area (Å²) in [5, 5.41) is 14.1. The molecule has 0 saturated heterocycles. The minimum atomic E-state index is -1.00. The van der Waals surface area contributed by atoms with E-state index in [0.717, 1.165) is 34.1 Å². The Kier molecular flexibility index (Phi) is 4.99. The average molecular weight is 387 g/mol. The van der Waals surface area contributed by atoms with Crippen LogP contribution in [-0.2, 0) is 11.2 Å². The van der Waals surface area contributed by atoms with Crippen LogP contribution in [-0.4, -0.2) is 32.4 Å². The Labute approximate surface area is 168 Å². The topological polar surface area (TPSA) is 77.2 Å². The highest BCUT2D eigenvalue weighted by atomic mass is 16.5. The molecule has 0 radical (unpaired) electrons. The van der Waals surface area contributed by atoms with Crippen LogP contribution in [0.15, 0.2) is 61.1 Å². The summed E-state index contributed by atoms with van der Waals surface area (Å²) >= 11 is 0. The van der Waals surface area contributed by atoms with Crippen LogP contribution >= 0.6 is 0 Å². The molecule has 1 N–H and O–H groups in total. The summed E-state index contributed by atoms with van der Waals surface area (Å²) in [7, 11) is 0. The number of pyridine rings is 1. The Morgan fingerprint density at radius 1 is 1.14 bits per heavy atom. The zero-order chi connectivity index (χ0) is 20.4. The third-order valence-corrected chi connectivity index (χ3v) is 5.04. The van der Waals surface area contributed by atoms with Crippen molar-refractivity contribution in [3.05, 3.63) is 83.3 Å². The summed E-state index contributed by atoms with van der Waals surface area (Å²) < 4.78 is 7.34. The highest BCUT2D eigenvalue weighted by Crippen LogP contribution is 2.32. The third kappa shape index (κ3) is 3.82. The quantitative estimate of drug-likeness (QED) is 0.539. The molecular formula is C23H21N3O3. The van der Waals surface area contributed by atoms with Gasteiger partial charge in [0, 0.05) is 24.0 Å². The zero-order valence-electron chi connectivity index (χ0n) is 16.3. The van der Waals surface area contributed by atoms with Gasteiger partial charge in [-0.15, -0.1) is 0 Å². The molecule has 0 bridgehead atoms. The maximum absolute atomic E-state index is 10.9. The monoisotopic (exact) mass is 387 g/mol.